The number of carbonyl (C=O) groups is 1. The predicted molar refractivity (Wildman–Crippen MR) is 121 cm³/mol. The Morgan fingerprint density at radius 2 is 1.87 bits per heavy atom. The largest absolute Gasteiger partial charge is 0.352 e. The lowest BCUT2D eigenvalue weighted by molar-refractivity contribution is -0.120. The van der Waals surface area contributed by atoms with E-state index in [9.17, 15) is 4.79 Å². The molecule has 1 aliphatic carbocycles. The van der Waals surface area contributed by atoms with E-state index >= 15 is 0 Å². The van der Waals surface area contributed by atoms with Gasteiger partial charge in [-0.3, -0.25) is 14.3 Å². The smallest absolute Gasteiger partial charge is 0.230 e. The fraction of sp³-hybridized carbons (Fsp3) is 0.609. The summed E-state index contributed by atoms with van der Waals surface area (Å²) in [6.45, 7) is 7.59. The average Bonchev–Trinajstić information content (AvgIpc) is 3.41. The highest BCUT2D eigenvalue weighted by Gasteiger charge is 2.28. The highest BCUT2D eigenvalue weighted by molar-refractivity contribution is 7.99. The van der Waals surface area contributed by atoms with Gasteiger partial charge in [-0.05, 0) is 56.3 Å². The summed E-state index contributed by atoms with van der Waals surface area (Å²) in [6.07, 6.45) is 6.05. The Hall–Kier alpha value is -1.86. The second-order valence-electron chi connectivity index (χ2n) is 8.78. The van der Waals surface area contributed by atoms with Gasteiger partial charge in [0, 0.05) is 11.7 Å². The zero-order chi connectivity index (χ0) is 20.9. The van der Waals surface area contributed by atoms with Crippen LogP contribution in [0.25, 0.3) is 5.69 Å². The van der Waals surface area contributed by atoms with Crippen LogP contribution in [0.1, 0.15) is 51.8 Å². The van der Waals surface area contributed by atoms with E-state index in [4.69, 9.17) is 0 Å². The van der Waals surface area contributed by atoms with E-state index < -0.39 is 0 Å². The Morgan fingerprint density at radius 3 is 2.63 bits per heavy atom. The third-order valence-corrected chi connectivity index (χ3v) is 7.59. The topological polar surface area (TPSA) is 63.1 Å². The zero-order valence-electron chi connectivity index (χ0n) is 18.1. The number of benzene rings is 1. The molecular weight excluding hydrogens is 394 g/mol. The van der Waals surface area contributed by atoms with Crippen LogP contribution in [0.2, 0.25) is 0 Å². The minimum absolute atomic E-state index is 0.0923. The summed E-state index contributed by atoms with van der Waals surface area (Å²) >= 11 is 1.48. The number of rotatable bonds is 7. The van der Waals surface area contributed by atoms with Gasteiger partial charge in [0.25, 0.3) is 0 Å². The molecule has 1 N–H and O–H groups in total. The highest BCUT2D eigenvalue weighted by Crippen LogP contribution is 2.30. The molecule has 1 saturated heterocycles. The van der Waals surface area contributed by atoms with Crippen LogP contribution >= 0.6 is 11.8 Å². The number of aromatic nitrogens is 3. The molecule has 0 radical (unpaired) electrons. The predicted octanol–water partition coefficient (Wildman–Crippen LogP) is 3.90. The maximum Gasteiger partial charge on any atom is 0.230 e. The molecule has 1 amide bonds. The number of nitrogens with zero attached hydrogens (tertiary/aromatic N) is 4. The van der Waals surface area contributed by atoms with Crippen LogP contribution in [0.15, 0.2) is 35.5 Å². The molecule has 6 nitrogen and oxygen atoms in total. The number of thioether (sulfide) groups is 1. The van der Waals surface area contributed by atoms with Crippen LogP contribution in [-0.2, 0) is 11.3 Å². The van der Waals surface area contributed by atoms with Gasteiger partial charge in [0.05, 0.1) is 12.3 Å². The first-order valence-corrected chi connectivity index (χ1v) is 12.2. The third-order valence-electron chi connectivity index (χ3n) is 6.66. The fourth-order valence-corrected chi connectivity index (χ4v) is 5.42. The van der Waals surface area contributed by atoms with E-state index in [2.05, 4.69) is 51.0 Å². The molecule has 0 spiro atoms. The van der Waals surface area contributed by atoms with Gasteiger partial charge in [0.1, 0.15) is 0 Å². The fourth-order valence-electron chi connectivity index (χ4n) is 4.64. The van der Waals surface area contributed by atoms with Gasteiger partial charge in [0.15, 0.2) is 11.0 Å². The molecule has 162 valence electrons. The van der Waals surface area contributed by atoms with Gasteiger partial charge in [-0.2, -0.15) is 0 Å². The van der Waals surface area contributed by atoms with Crippen LogP contribution in [-0.4, -0.2) is 50.5 Å². The van der Waals surface area contributed by atoms with Crippen LogP contribution in [0.3, 0.4) is 0 Å². The highest BCUT2D eigenvalue weighted by atomic mass is 32.2. The van der Waals surface area contributed by atoms with Crippen molar-refractivity contribution in [1.29, 1.82) is 0 Å². The maximum absolute atomic E-state index is 12.7. The Labute approximate surface area is 183 Å². The number of para-hydroxylation sites is 1. The van der Waals surface area contributed by atoms with Crippen LogP contribution in [0, 0.1) is 11.8 Å². The Bertz CT molecular complexity index is 833. The second kappa shape index (κ2) is 9.96. The summed E-state index contributed by atoms with van der Waals surface area (Å²) in [5.74, 6) is 2.61. The molecule has 2 heterocycles. The van der Waals surface area contributed by atoms with Crippen molar-refractivity contribution in [2.45, 2.75) is 63.7 Å². The molecule has 1 aliphatic heterocycles. The number of hydrogen-bond donors (Lipinski definition) is 1. The van der Waals surface area contributed by atoms with Crippen molar-refractivity contribution in [2.75, 3.05) is 18.8 Å². The molecule has 2 fully saturated rings. The molecule has 2 aromatic rings. The Balaban J connectivity index is 1.44. The second-order valence-corrected chi connectivity index (χ2v) is 9.73. The monoisotopic (exact) mass is 427 g/mol. The summed E-state index contributed by atoms with van der Waals surface area (Å²) in [5, 5.41) is 13.0. The van der Waals surface area contributed by atoms with E-state index in [1.807, 2.05) is 18.2 Å². The molecule has 4 rings (SSSR count). The normalized spacial score (nSPS) is 24.8. The van der Waals surface area contributed by atoms with Crippen molar-refractivity contribution in [2.24, 2.45) is 11.8 Å². The first-order chi connectivity index (χ1) is 14.6. The first-order valence-electron chi connectivity index (χ1n) is 11.3. The average molecular weight is 428 g/mol. The lowest BCUT2D eigenvalue weighted by Crippen LogP contribution is -2.44. The molecular formula is C23H33N5OS. The summed E-state index contributed by atoms with van der Waals surface area (Å²) < 4.78 is 2.11. The molecule has 1 aromatic heterocycles. The van der Waals surface area contributed by atoms with E-state index in [-0.39, 0.29) is 5.91 Å². The molecule has 3 atom stereocenters. The Kier molecular flexibility index (Phi) is 7.10. The van der Waals surface area contributed by atoms with Gasteiger partial charge < -0.3 is 5.32 Å². The number of nitrogens with one attached hydrogen (secondary N) is 1. The maximum atomic E-state index is 12.7. The van der Waals surface area contributed by atoms with Gasteiger partial charge in [-0.25, -0.2) is 0 Å². The quantitative estimate of drug-likeness (QED) is 0.679. The number of hydrogen-bond acceptors (Lipinski definition) is 5. The molecule has 7 heteroatoms. The Morgan fingerprint density at radius 1 is 1.10 bits per heavy atom. The van der Waals surface area contributed by atoms with Crippen molar-refractivity contribution in [3.63, 3.8) is 0 Å². The van der Waals surface area contributed by atoms with E-state index in [1.165, 1.54) is 37.4 Å². The lowest BCUT2D eigenvalue weighted by atomic mass is 9.78. The minimum Gasteiger partial charge on any atom is -0.352 e. The van der Waals surface area contributed by atoms with Crippen molar-refractivity contribution < 1.29 is 4.79 Å². The zero-order valence-corrected chi connectivity index (χ0v) is 18.9. The number of amides is 1. The molecule has 2 aliphatic rings. The van der Waals surface area contributed by atoms with Crippen molar-refractivity contribution in [3.05, 3.63) is 36.2 Å². The lowest BCUT2D eigenvalue weighted by Gasteiger charge is -2.34. The summed E-state index contributed by atoms with van der Waals surface area (Å²) in [7, 11) is 0. The van der Waals surface area contributed by atoms with Crippen LogP contribution in [0.5, 0.6) is 0 Å². The van der Waals surface area contributed by atoms with Gasteiger partial charge in [-0.15, -0.1) is 10.2 Å². The van der Waals surface area contributed by atoms with Crippen LogP contribution in [0.4, 0.5) is 0 Å². The van der Waals surface area contributed by atoms with Crippen molar-refractivity contribution in [3.8, 4) is 5.69 Å². The SMILES string of the molecule is CC1CCCC(NC(=O)CSc2nnc(CN3CCCC3)n2-c2ccccc2)C1C. The number of carbonyl (C=O) groups excluding carboxylic acids is 1. The van der Waals surface area contributed by atoms with Gasteiger partial charge >= 0.3 is 0 Å². The van der Waals surface area contributed by atoms with Crippen LogP contribution < -0.4 is 5.32 Å². The summed E-state index contributed by atoms with van der Waals surface area (Å²) in [4.78, 5) is 15.1. The van der Waals surface area contributed by atoms with Gasteiger partial charge in [0.2, 0.25) is 5.91 Å². The standard InChI is InChI=1S/C23H33N5OS/c1-17-9-8-12-20(18(17)2)24-22(29)16-30-23-26-25-21(15-27-13-6-7-14-27)28(23)19-10-4-3-5-11-19/h3-5,10-11,17-18,20H,6-9,12-16H2,1-2H3,(H,24,29). The minimum atomic E-state index is 0.0923. The molecule has 0 bridgehead atoms. The molecule has 1 aromatic carbocycles. The van der Waals surface area contributed by atoms with Crippen molar-refractivity contribution >= 4 is 17.7 Å². The molecule has 30 heavy (non-hydrogen) atoms. The number of likely N-dealkylation sites (tertiary alicyclic amines) is 1. The van der Waals surface area contributed by atoms with E-state index in [1.54, 1.807) is 0 Å². The summed E-state index contributed by atoms with van der Waals surface area (Å²) in [5.41, 5.74) is 1.05. The third kappa shape index (κ3) is 5.06. The molecule has 3 unspecified atom stereocenters. The summed E-state index contributed by atoms with van der Waals surface area (Å²) in [6, 6.07) is 10.5. The first kappa shape index (κ1) is 21.4. The van der Waals surface area contributed by atoms with E-state index in [0.29, 0.717) is 23.6 Å². The van der Waals surface area contributed by atoms with E-state index in [0.717, 1.165) is 42.7 Å². The van der Waals surface area contributed by atoms with Crippen molar-refractivity contribution in [1.82, 2.24) is 25.0 Å². The van der Waals surface area contributed by atoms with Gasteiger partial charge in [-0.1, -0.05) is 56.7 Å². The molecule has 1 saturated carbocycles.